The highest BCUT2D eigenvalue weighted by Gasteiger charge is 2.59. The number of urea groups is 1. The molecule has 2 aromatic rings. The van der Waals surface area contributed by atoms with Gasteiger partial charge in [0.1, 0.15) is 22.9 Å². The molecule has 2 aromatic carbocycles. The van der Waals surface area contributed by atoms with Crippen LogP contribution in [-0.4, -0.2) is 30.4 Å². The van der Waals surface area contributed by atoms with Gasteiger partial charge >= 0.3 is 18.3 Å². The molecule has 0 saturated carbocycles. The van der Waals surface area contributed by atoms with Crippen molar-refractivity contribution in [1.82, 2.24) is 5.32 Å². The van der Waals surface area contributed by atoms with Crippen LogP contribution in [0.3, 0.4) is 0 Å². The summed E-state index contributed by atoms with van der Waals surface area (Å²) in [6, 6.07) is 3.33. The molecular formula is C17H9ClF8N2O3. The molecule has 2 N–H and O–H groups in total. The minimum absolute atomic E-state index is 0.285. The lowest BCUT2D eigenvalue weighted by Crippen LogP contribution is -2.45. The van der Waals surface area contributed by atoms with Crippen molar-refractivity contribution in [2.45, 2.75) is 18.5 Å². The van der Waals surface area contributed by atoms with Crippen molar-refractivity contribution in [3.63, 3.8) is 0 Å². The van der Waals surface area contributed by atoms with Crippen molar-refractivity contribution < 1.29 is 49.4 Å². The summed E-state index contributed by atoms with van der Waals surface area (Å²) in [5.41, 5.74) is -1.33. The predicted molar refractivity (Wildman–Crippen MR) is 90.8 cm³/mol. The Balaban J connectivity index is 2.08. The fourth-order valence-corrected chi connectivity index (χ4v) is 2.31. The number of carbonyl (C=O) groups excluding carboxylic acids is 2. The van der Waals surface area contributed by atoms with Crippen molar-refractivity contribution in [1.29, 1.82) is 0 Å². The molecule has 0 aliphatic carbocycles. The summed E-state index contributed by atoms with van der Waals surface area (Å²) in [6.45, 7) is 0. The lowest BCUT2D eigenvalue weighted by atomic mass is 10.2. The Labute approximate surface area is 172 Å². The number of carbonyl (C=O) groups is 2. The first-order valence-corrected chi connectivity index (χ1v) is 8.23. The molecule has 1 atom stereocenters. The maximum atomic E-state index is 13.5. The number of halogens is 9. The molecule has 5 nitrogen and oxygen atoms in total. The number of nitrogens with one attached hydrogen (secondary N) is 2. The van der Waals surface area contributed by atoms with Crippen molar-refractivity contribution >= 4 is 29.2 Å². The van der Waals surface area contributed by atoms with E-state index in [4.69, 9.17) is 11.6 Å². The highest BCUT2D eigenvalue weighted by Crippen LogP contribution is 2.39. The van der Waals surface area contributed by atoms with E-state index in [2.05, 4.69) is 4.74 Å². The van der Waals surface area contributed by atoms with Gasteiger partial charge < -0.3 is 10.1 Å². The zero-order valence-corrected chi connectivity index (χ0v) is 15.4. The Morgan fingerprint density at radius 2 is 1.58 bits per heavy atom. The second kappa shape index (κ2) is 8.96. The van der Waals surface area contributed by atoms with E-state index in [1.807, 2.05) is 5.32 Å². The average Bonchev–Trinajstić information content (AvgIpc) is 2.62. The average molecular weight is 477 g/mol. The van der Waals surface area contributed by atoms with Gasteiger partial charge in [0.2, 0.25) is 0 Å². The maximum Gasteiger partial charge on any atom is 0.439 e. The van der Waals surface area contributed by atoms with E-state index in [-0.39, 0.29) is 5.69 Å². The van der Waals surface area contributed by atoms with Gasteiger partial charge in [0.25, 0.3) is 12.1 Å². The van der Waals surface area contributed by atoms with Crippen LogP contribution in [0.4, 0.5) is 45.6 Å². The van der Waals surface area contributed by atoms with Gasteiger partial charge in [-0.3, -0.25) is 10.1 Å². The van der Waals surface area contributed by atoms with Crippen molar-refractivity contribution in [3.05, 3.63) is 58.6 Å². The molecule has 0 heterocycles. The molecule has 0 spiro atoms. The summed E-state index contributed by atoms with van der Waals surface area (Å²) in [4.78, 5) is 23.6. The Hall–Kier alpha value is -3.09. The second-order valence-corrected chi connectivity index (χ2v) is 6.13. The third-order valence-corrected chi connectivity index (χ3v) is 3.73. The quantitative estimate of drug-likeness (QED) is 0.564. The van der Waals surface area contributed by atoms with Gasteiger partial charge in [0, 0.05) is 5.69 Å². The van der Waals surface area contributed by atoms with E-state index < -0.39 is 58.4 Å². The van der Waals surface area contributed by atoms with Crippen molar-refractivity contribution in [2.24, 2.45) is 0 Å². The molecule has 3 amide bonds. The first-order chi connectivity index (χ1) is 14.2. The summed E-state index contributed by atoms with van der Waals surface area (Å²) in [7, 11) is 0. The number of ether oxygens (including phenoxy) is 1. The fourth-order valence-electron chi connectivity index (χ4n) is 2.09. The number of hydrogen-bond donors (Lipinski definition) is 2. The van der Waals surface area contributed by atoms with Crippen LogP contribution < -0.4 is 15.4 Å². The van der Waals surface area contributed by atoms with Crippen LogP contribution in [0, 0.1) is 11.6 Å². The molecular weight excluding hydrogens is 468 g/mol. The van der Waals surface area contributed by atoms with Gasteiger partial charge in [-0.2, -0.15) is 22.0 Å². The molecule has 31 heavy (non-hydrogen) atoms. The SMILES string of the molecule is O=C(NC(=O)c1c(F)cccc1F)Nc1ccc(OC(F)(F)C(F)C(F)(F)F)c(Cl)c1. The molecule has 0 radical (unpaired) electrons. The van der Waals surface area contributed by atoms with Crippen LogP contribution in [-0.2, 0) is 0 Å². The Bertz CT molecular complexity index is 980. The first-order valence-electron chi connectivity index (χ1n) is 7.86. The van der Waals surface area contributed by atoms with Crippen LogP contribution >= 0.6 is 11.6 Å². The number of hydrogen-bond acceptors (Lipinski definition) is 3. The van der Waals surface area contributed by atoms with Crippen LogP contribution in [0.25, 0.3) is 0 Å². The van der Waals surface area contributed by atoms with E-state index in [1.54, 1.807) is 5.32 Å². The second-order valence-electron chi connectivity index (χ2n) is 5.72. The molecule has 0 aliphatic rings. The van der Waals surface area contributed by atoms with E-state index in [1.165, 1.54) is 0 Å². The fraction of sp³-hybridized carbons (Fsp3) is 0.176. The monoisotopic (exact) mass is 476 g/mol. The minimum Gasteiger partial charge on any atom is -0.429 e. The molecule has 14 heteroatoms. The smallest absolute Gasteiger partial charge is 0.429 e. The zero-order chi connectivity index (χ0) is 23.6. The number of anilines is 1. The first kappa shape index (κ1) is 24.2. The molecule has 168 valence electrons. The molecule has 0 fully saturated rings. The van der Waals surface area contributed by atoms with Gasteiger partial charge in [-0.05, 0) is 30.3 Å². The molecule has 2 rings (SSSR count). The van der Waals surface area contributed by atoms with Crippen LogP contribution in [0.15, 0.2) is 36.4 Å². The molecule has 0 saturated heterocycles. The Kier molecular flexibility index (Phi) is 6.99. The normalized spacial score (nSPS) is 12.8. The van der Waals surface area contributed by atoms with Gasteiger partial charge in [0.05, 0.1) is 5.02 Å². The number of alkyl halides is 6. The third-order valence-electron chi connectivity index (χ3n) is 3.44. The number of amides is 3. The standard InChI is InChI=1S/C17H9ClF8N2O3/c18-8-6-7(4-5-11(8)31-17(25,26)14(21)16(22,23)24)27-15(30)28-13(29)12-9(19)2-1-3-10(12)20/h1-6,14H,(H2,27,28,29,30). The largest absolute Gasteiger partial charge is 0.439 e. The molecule has 0 bridgehead atoms. The summed E-state index contributed by atoms with van der Waals surface area (Å²) in [5, 5.41) is 2.80. The Morgan fingerprint density at radius 1 is 1.00 bits per heavy atom. The number of imide groups is 1. The topological polar surface area (TPSA) is 67.4 Å². The van der Waals surface area contributed by atoms with E-state index >= 15 is 0 Å². The van der Waals surface area contributed by atoms with Crippen molar-refractivity contribution in [3.8, 4) is 5.75 Å². The van der Waals surface area contributed by atoms with Crippen LogP contribution in [0.5, 0.6) is 5.75 Å². The predicted octanol–water partition coefficient (Wildman–Crippen LogP) is 5.45. The lowest BCUT2D eigenvalue weighted by molar-refractivity contribution is -0.304. The maximum absolute atomic E-state index is 13.5. The summed E-state index contributed by atoms with van der Waals surface area (Å²) >= 11 is 5.58. The molecule has 1 unspecified atom stereocenters. The number of benzene rings is 2. The van der Waals surface area contributed by atoms with Gasteiger partial charge in [-0.25, -0.2) is 18.0 Å². The number of rotatable bonds is 5. The summed E-state index contributed by atoms with van der Waals surface area (Å²) < 4.78 is 107. The van der Waals surface area contributed by atoms with Gasteiger partial charge in [-0.15, -0.1) is 0 Å². The van der Waals surface area contributed by atoms with E-state index in [9.17, 15) is 44.7 Å². The summed E-state index contributed by atoms with van der Waals surface area (Å²) in [5.74, 6) is -4.99. The summed E-state index contributed by atoms with van der Waals surface area (Å²) in [6.07, 6.45) is -15.8. The minimum atomic E-state index is -5.90. The molecule has 0 aliphatic heterocycles. The zero-order valence-electron chi connectivity index (χ0n) is 14.7. The highest BCUT2D eigenvalue weighted by atomic mass is 35.5. The van der Waals surface area contributed by atoms with Crippen molar-refractivity contribution in [2.75, 3.05) is 5.32 Å². The Morgan fingerprint density at radius 3 is 2.10 bits per heavy atom. The van der Waals surface area contributed by atoms with Gasteiger partial charge in [-0.1, -0.05) is 17.7 Å². The molecule has 0 aromatic heterocycles. The highest BCUT2D eigenvalue weighted by molar-refractivity contribution is 6.32. The van der Waals surface area contributed by atoms with Crippen LogP contribution in [0.2, 0.25) is 5.02 Å². The van der Waals surface area contributed by atoms with Crippen LogP contribution in [0.1, 0.15) is 10.4 Å². The van der Waals surface area contributed by atoms with Gasteiger partial charge in [0.15, 0.2) is 0 Å². The van der Waals surface area contributed by atoms with E-state index in [0.29, 0.717) is 6.07 Å². The van der Waals surface area contributed by atoms with E-state index in [0.717, 1.165) is 30.3 Å². The third kappa shape index (κ3) is 5.96. The lowest BCUT2D eigenvalue weighted by Gasteiger charge is -2.23.